The predicted molar refractivity (Wildman–Crippen MR) is 68.3 cm³/mol. The van der Waals surface area contributed by atoms with Crippen LogP contribution in [0.15, 0.2) is 18.2 Å². The molecule has 88 valence electrons. The molecule has 3 heteroatoms. The van der Waals surface area contributed by atoms with Crippen LogP contribution in [-0.4, -0.2) is 24.3 Å². The SMILES string of the molecule is Cc1ccc(N2CCCC2CCO)cc1Cl. The number of rotatable bonds is 3. The number of hydrogen-bond acceptors (Lipinski definition) is 2. The first kappa shape index (κ1) is 11.7. The Morgan fingerprint density at radius 3 is 3.00 bits per heavy atom. The van der Waals surface area contributed by atoms with Crippen molar-refractivity contribution in [1.82, 2.24) is 0 Å². The Balaban J connectivity index is 2.19. The molecule has 0 aromatic heterocycles. The van der Waals surface area contributed by atoms with E-state index in [0.717, 1.165) is 23.6 Å². The van der Waals surface area contributed by atoms with Gasteiger partial charge < -0.3 is 10.0 Å². The van der Waals surface area contributed by atoms with Gasteiger partial charge in [0.05, 0.1) is 0 Å². The quantitative estimate of drug-likeness (QED) is 0.877. The zero-order valence-corrected chi connectivity index (χ0v) is 10.4. The number of hydrogen-bond donors (Lipinski definition) is 1. The molecule has 1 saturated heterocycles. The molecule has 0 spiro atoms. The Labute approximate surface area is 102 Å². The van der Waals surface area contributed by atoms with E-state index in [9.17, 15) is 0 Å². The molecule has 0 radical (unpaired) electrons. The highest BCUT2D eigenvalue weighted by Gasteiger charge is 2.24. The van der Waals surface area contributed by atoms with E-state index < -0.39 is 0 Å². The molecule has 1 unspecified atom stereocenters. The fraction of sp³-hybridized carbons (Fsp3) is 0.538. The van der Waals surface area contributed by atoms with Crippen LogP contribution in [0.25, 0.3) is 0 Å². The van der Waals surface area contributed by atoms with Gasteiger partial charge in [-0.1, -0.05) is 17.7 Å². The fourth-order valence-corrected chi connectivity index (χ4v) is 2.56. The van der Waals surface area contributed by atoms with E-state index in [1.807, 2.05) is 13.0 Å². The maximum absolute atomic E-state index is 9.04. The van der Waals surface area contributed by atoms with E-state index in [2.05, 4.69) is 17.0 Å². The lowest BCUT2D eigenvalue weighted by Crippen LogP contribution is -2.29. The molecule has 1 atom stereocenters. The normalized spacial score (nSPS) is 20.4. The van der Waals surface area contributed by atoms with Gasteiger partial charge in [-0.25, -0.2) is 0 Å². The molecule has 1 aromatic carbocycles. The summed E-state index contributed by atoms with van der Waals surface area (Å²) in [5.41, 5.74) is 2.30. The Morgan fingerprint density at radius 1 is 1.50 bits per heavy atom. The van der Waals surface area contributed by atoms with Gasteiger partial charge in [0, 0.05) is 29.9 Å². The van der Waals surface area contributed by atoms with Gasteiger partial charge in [-0.2, -0.15) is 0 Å². The maximum atomic E-state index is 9.04. The van der Waals surface area contributed by atoms with Crippen molar-refractivity contribution in [3.63, 3.8) is 0 Å². The third-order valence-electron chi connectivity index (χ3n) is 3.33. The van der Waals surface area contributed by atoms with Crippen LogP contribution in [0.3, 0.4) is 0 Å². The Bertz CT molecular complexity index is 367. The monoisotopic (exact) mass is 239 g/mol. The molecule has 2 nitrogen and oxygen atoms in total. The molecular weight excluding hydrogens is 222 g/mol. The standard InChI is InChI=1S/C13H18ClNO/c1-10-4-5-12(9-13(10)14)15-7-2-3-11(15)6-8-16/h4-5,9,11,16H,2-3,6-8H2,1H3. The number of anilines is 1. The number of aliphatic hydroxyl groups excluding tert-OH is 1. The molecule has 1 aliphatic heterocycles. The van der Waals surface area contributed by atoms with Crippen LogP contribution in [-0.2, 0) is 0 Å². The molecule has 0 bridgehead atoms. The molecule has 1 aliphatic rings. The van der Waals surface area contributed by atoms with Crippen LogP contribution < -0.4 is 4.90 Å². The van der Waals surface area contributed by atoms with E-state index in [-0.39, 0.29) is 6.61 Å². The molecule has 0 saturated carbocycles. The van der Waals surface area contributed by atoms with Crippen LogP contribution in [0.5, 0.6) is 0 Å². The summed E-state index contributed by atoms with van der Waals surface area (Å²) in [7, 11) is 0. The highest BCUT2D eigenvalue weighted by Crippen LogP contribution is 2.30. The van der Waals surface area contributed by atoms with Gasteiger partial charge >= 0.3 is 0 Å². The van der Waals surface area contributed by atoms with Crippen LogP contribution in [0.4, 0.5) is 5.69 Å². The van der Waals surface area contributed by atoms with E-state index in [1.54, 1.807) is 0 Å². The van der Waals surface area contributed by atoms with Crippen molar-refractivity contribution in [2.24, 2.45) is 0 Å². The van der Waals surface area contributed by atoms with Gasteiger partial charge in [-0.15, -0.1) is 0 Å². The van der Waals surface area contributed by atoms with Crippen LogP contribution in [0.2, 0.25) is 5.02 Å². The zero-order chi connectivity index (χ0) is 11.5. The first-order valence-corrected chi connectivity index (χ1v) is 6.24. The minimum absolute atomic E-state index is 0.265. The van der Waals surface area contributed by atoms with Crippen LogP contribution >= 0.6 is 11.6 Å². The molecule has 0 aliphatic carbocycles. The van der Waals surface area contributed by atoms with E-state index in [0.29, 0.717) is 6.04 Å². The molecule has 1 fully saturated rings. The number of aliphatic hydroxyl groups is 1. The summed E-state index contributed by atoms with van der Waals surface area (Å²) in [5.74, 6) is 0. The molecule has 16 heavy (non-hydrogen) atoms. The number of nitrogens with zero attached hydrogens (tertiary/aromatic N) is 1. The summed E-state index contributed by atoms with van der Waals surface area (Å²) in [6.45, 7) is 3.35. The number of aryl methyl sites for hydroxylation is 1. The number of halogens is 1. The predicted octanol–water partition coefficient (Wildman–Crippen LogP) is 3.00. The van der Waals surface area contributed by atoms with Crippen molar-refractivity contribution >= 4 is 17.3 Å². The summed E-state index contributed by atoms with van der Waals surface area (Å²) in [6, 6.07) is 6.69. The average Bonchev–Trinajstić information content (AvgIpc) is 2.71. The second kappa shape index (κ2) is 5.07. The highest BCUT2D eigenvalue weighted by molar-refractivity contribution is 6.31. The van der Waals surface area contributed by atoms with Crippen molar-refractivity contribution in [3.8, 4) is 0 Å². The molecule has 1 N–H and O–H groups in total. The van der Waals surface area contributed by atoms with Crippen LogP contribution in [0, 0.1) is 6.92 Å². The second-order valence-corrected chi connectivity index (χ2v) is 4.84. The maximum Gasteiger partial charge on any atom is 0.0455 e. The summed E-state index contributed by atoms with van der Waals surface area (Å²) in [4.78, 5) is 2.36. The molecule has 1 heterocycles. The van der Waals surface area contributed by atoms with Crippen molar-refractivity contribution in [1.29, 1.82) is 0 Å². The average molecular weight is 240 g/mol. The lowest BCUT2D eigenvalue weighted by Gasteiger charge is -2.26. The van der Waals surface area contributed by atoms with E-state index in [4.69, 9.17) is 16.7 Å². The first-order chi connectivity index (χ1) is 7.72. The largest absolute Gasteiger partial charge is 0.396 e. The van der Waals surface area contributed by atoms with Gasteiger partial charge in [0.2, 0.25) is 0 Å². The van der Waals surface area contributed by atoms with Gasteiger partial charge in [0.1, 0.15) is 0 Å². The summed E-state index contributed by atoms with van der Waals surface area (Å²) in [6.07, 6.45) is 3.23. The third-order valence-corrected chi connectivity index (χ3v) is 3.73. The van der Waals surface area contributed by atoms with Gasteiger partial charge in [-0.3, -0.25) is 0 Å². The van der Waals surface area contributed by atoms with Crippen molar-refractivity contribution in [2.45, 2.75) is 32.2 Å². The van der Waals surface area contributed by atoms with Crippen molar-refractivity contribution in [2.75, 3.05) is 18.1 Å². The molecule has 2 rings (SSSR count). The molecule has 0 amide bonds. The van der Waals surface area contributed by atoms with E-state index in [1.165, 1.54) is 18.5 Å². The number of benzene rings is 1. The third kappa shape index (κ3) is 2.33. The minimum Gasteiger partial charge on any atom is -0.396 e. The first-order valence-electron chi connectivity index (χ1n) is 5.86. The zero-order valence-electron chi connectivity index (χ0n) is 9.62. The van der Waals surface area contributed by atoms with Crippen molar-refractivity contribution < 1.29 is 5.11 Å². The fourth-order valence-electron chi connectivity index (χ4n) is 2.39. The Morgan fingerprint density at radius 2 is 2.31 bits per heavy atom. The Hall–Kier alpha value is -0.730. The minimum atomic E-state index is 0.265. The van der Waals surface area contributed by atoms with Crippen LogP contribution in [0.1, 0.15) is 24.8 Å². The summed E-state index contributed by atoms with van der Waals surface area (Å²) in [5, 5.41) is 9.86. The smallest absolute Gasteiger partial charge is 0.0455 e. The summed E-state index contributed by atoms with van der Waals surface area (Å²) >= 11 is 6.14. The Kier molecular flexibility index (Phi) is 3.72. The van der Waals surface area contributed by atoms with Crippen molar-refractivity contribution in [3.05, 3.63) is 28.8 Å². The lowest BCUT2D eigenvalue weighted by molar-refractivity contribution is 0.276. The summed E-state index contributed by atoms with van der Waals surface area (Å²) < 4.78 is 0. The topological polar surface area (TPSA) is 23.5 Å². The molecular formula is C13H18ClNO. The molecule has 1 aromatic rings. The lowest BCUT2D eigenvalue weighted by atomic mass is 10.1. The van der Waals surface area contributed by atoms with Gasteiger partial charge in [0.15, 0.2) is 0 Å². The highest BCUT2D eigenvalue weighted by atomic mass is 35.5. The van der Waals surface area contributed by atoms with Gasteiger partial charge in [-0.05, 0) is 43.9 Å². The second-order valence-electron chi connectivity index (χ2n) is 4.44. The van der Waals surface area contributed by atoms with Gasteiger partial charge in [0.25, 0.3) is 0 Å². The van der Waals surface area contributed by atoms with E-state index >= 15 is 0 Å².